The molecule has 0 saturated heterocycles. The predicted octanol–water partition coefficient (Wildman–Crippen LogP) is 8.32. The summed E-state index contributed by atoms with van der Waals surface area (Å²) in [6.07, 6.45) is 1.25. The monoisotopic (exact) mass is 287 g/mol. The summed E-state index contributed by atoms with van der Waals surface area (Å²) in [5.74, 6) is 0.833. The molecule has 0 aliphatic carbocycles. The van der Waals surface area contributed by atoms with Gasteiger partial charge in [0.05, 0.1) is 1.12 Å². The first kappa shape index (κ1) is 42.9. The summed E-state index contributed by atoms with van der Waals surface area (Å²) in [6.45, 7) is 30.8. The summed E-state index contributed by atoms with van der Waals surface area (Å²) in [7, 11) is 0. The summed E-state index contributed by atoms with van der Waals surface area (Å²) in [4.78, 5) is 0. The summed E-state index contributed by atoms with van der Waals surface area (Å²) in [5.41, 5.74) is 0. The maximum absolute atomic E-state index is 5.44. The Balaban J connectivity index is -0.0000000124. The van der Waals surface area contributed by atoms with Crippen LogP contribution in [0.15, 0.2) is 0 Å². The van der Waals surface area contributed by atoms with E-state index in [1.165, 1.54) is 6.42 Å². The fourth-order valence-electron chi connectivity index (χ4n) is 0. The highest BCUT2D eigenvalue weighted by atomic mass is 32.1. The van der Waals surface area contributed by atoms with Gasteiger partial charge in [0.15, 0.2) is 0 Å². The fourth-order valence-corrected chi connectivity index (χ4v) is 0. The van der Waals surface area contributed by atoms with Gasteiger partial charge in [-0.2, -0.15) is 13.4 Å². The highest BCUT2D eigenvalue weighted by Gasteiger charge is 1.68. The van der Waals surface area contributed by atoms with Crippen LogP contribution in [-0.2, 0) is 0 Å². The molecular formula is C17H50S. The maximum Gasteiger partial charge on any atom is 0.0985 e. The van der Waals surface area contributed by atoms with Gasteiger partial charge < -0.3 is 0 Å². The normalized spacial score (nSPS) is 5.06. The highest BCUT2D eigenvalue weighted by Crippen LogP contribution is 1.81. The average Bonchev–Trinajstić information content (AvgIpc) is 2.51. The van der Waals surface area contributed by atoms with Crippen molar-refractivity contribution in [1.82, 2.24) is 0 Å². The standard InChI is InChI=1S/C4H10.C3H8.5C2H6.H2S/c1-4(2)3;1-3-2;5*1-2;/h4H,1-3H3;3H2,1-2H3;5*1-2H3;1H2/i/hD. The molecule has 0 aliphatic heterocycles. The van der Waals surface area contributed by atoms with E-state index < -0.39 is 0 Å². The lowest BCUT2D eigenvalue weighted by Crippen LogP contribution is -1.66. The van der Waals surface area contributed by atoms with Crippen molar-refractivity contribution in [3.63, 3.8) is 0 Å². The van der Waals surface area contributed by atoms with E-state index in [0.717, 1.165) is 5.92 Å². The Bertz CT molecular complexity index is 22.5. The number of rotatable bonds is 0. The first-order valence-electron chi connectivity index (χ1n) is 8.59. The van der Waals surface area contributed by atoms with Gasteiger partial charge in [0.25, 0.3) is 0 Å². The largest absolute Gasteiger partial charge is 0.197 e. The molecule has 0 heterocycles. The zero-order chi connectivity index (χ0) is 18.3. The summed E-state index contributed by atoms with van der Waals surface area (Å²) in [6, 6.07) is 0. The lowest BCUT2D eigenvalue weighted by molar-refractivity contribution is 0.737. The van der Waals surface area contributed by atoms with Crippen molar-refractivity contribution in [2.45, 2.75) is 110 Å². The predicted molar refractivity (Wildman–Crippen MR) is 104 cm³/mol. The van der Waals surface area contributed by atoms with E-state index in [9.17, 15) is 0 Å². The molecule has 0 amide bonds. The topological polar surface area (TPSA) is 0 Å². The van der Waals surface area contributed by atoms with Gasteiger partial charge in [0, 0.05) is 0 Å². The van der Waals surface area contributed by atoms with Crippen LogP contribution < -0.4 is 0 Å². The van der Waals surface area contributed by atoms with Crippen molar-refractivity contribution >= 4 is 13.4 Å². The molecule has 124 valence electrons. The van der Waals surface area contributed by atoms with Gasteiger partial charge in [0.1, 0.15) is 0 Å². The molecule has 18 heavy (non-hydrogen) atoms. The van der Waals surface area contributed by atoms with Gasteiger partial charge in [-0.25, -0.2) is 0 Å². The van der Waals surface area contributed by atoms with Gasteiger partial charge in [-0.1, -0.05) is 110 Å². The zero-order valence-corrected chi connectivity index (χ0v) is 17.6. The molecule has 0 unspecified atom stereocenters. The van der Waals surface area contributed by atoms with E-state index in [0.29, 0.717) is 0 Å². The Kier molecular flexibility index (Phi) is 584. The SMILES string of the molecule is CC.CC.CC.CC.CC.CC(C)C.CCC.[2H]S. The van der Waals surface area contributed by atoms with Crippen molar-refractivity contribution in [2.75, 3.05) is 0 Å². The molecule has 0 fully saturated rings. The minimum atomic E-state index is 0.833. The lowest BCUT2D eigenvalue weighted by atomic mass is 10.3. The first-order chi connectivity index (χ1) is 9.15. The molecule has 0 aromatic rings. The summed E-state index contributed by atoms with van der Waals surface area (Å²) in [5, 5.41) is 0. The smallest absolute Gasteiger partial charge is 0.0985 e. The average molecular weight is 288 g/mol. The molecule has 1 heteroatoms. The first-order valence-corrected chi connectivity index (χ1v) is 8.15. The molecule has 0 aromatic heterocycles. The van der Waals surface area contributed by atoms with Crippen LogP contribution in [0.4, 0.5) is 0 Å². The van der Waals surface area contributed by atoms with Crippen molar-refractivity contribution in [1.29, 1.82) is 1.12 Å². The van der Waals surface area contributed by atoms with E-state index in [1.54, 1.807) is 0 Å². The van der Waals surface area contributed by atoms with Crippen molar-refractivity contribution in [3.8, 4) is 0 Å². The third-order valence-corrected chi connectivity index (χ3v) is 0. The van der Waals surface area contributed by atoms with Gasteiger partial charge in [0.2, 0.25) is 0 Å². The van der Waals surface area contributed by atoms with Gasteiger partial charge in [-0.15, -0.1) is 0 Å². The van der Waals surface area contributed by atoms with E-state index in [-0.39, 0.29) is 0 Å². The van der Waals surface area contributed by atoms with Crippen molar-refractivity contribution in [3.05, 3.63) is 0 Å². The van der Waals surface area contributed by atoms with E-state index in [2.05, 4.69) is 48.0 Å². The van der Waals surface area contributed by atoms with Crippen LogP contribution in [0.1, 0.15) is 110 Å². The molecule has 0 atom stereocenters. The minimum Gasteiger partial charge on any atom is -0.197 e. The maximum atomic E-state index is 5.44. The van der Waals surface area contributed by atoms with Crippen LogP contribution in [0.3, 0.4) is 0 Å². The molecule has 0 saturated carbocycles. The second-order valence-corrected chi connectivity index (χ2v) is 2.44. The number of hydrogen-bond acceptors (Lipinski definition) is 0. The van der Waals surface area contributed by atoms with Crippen LogP contribution in [-0.4, -0.2) is 1.12 Å². The molecular weight excluding hydrogens is 236 g/mol. The molecule has 0 spiro atoms. The van der Waals surface area contributed by atoms with Crippen LogP contribution in [0.25, 0.3) is 0 Å². The molecule has 0 radical (unpaired) electrons. The third kappa shape index (κ3) is 31400. The minimum absolute atomic E-state index is 0.833. The Labute approximate surface area is 131 Å². The highest BCUT2D eigenvalue weighted by molar-refractivity contribution is 7.59. The number of hydrogen-bond donors (Lipinski definition) is 0. The molecule has 0 aromatic carbocycles. The third-order valence-electron chi connectivity index (χ3n) is 0. The Morgan fingerprint density at radius 2 is 0.611 bits per heavy atom. The Morgan fingerprint density at radius 3 is 0.611 bits per heavy atom. The van der Waals surface area contributed by atoms with E-state index in [4.69, 9.17) is 1.12 Å². The summed E-state index contributed by atoms with van der Waals surface area (Å²) >= 11 is 2.78. The molecule has 0 N–H and O–H groups in total. The second-order valence-electron chi connectivity index (χ2n) is 2.44. The quantitative estimate of drug-likeness (QED) is 0.420. The Hall–Kier alpha value is 0.350. The van der Waals surface area contributed by atoms with E-state index >= 15 is 0 Å². The molecule has 0 bridgehead atoms. The summed E-state index contributed by atoms with van der Waals surface area (Å²) < 4.78 is 5.44. The van der Waals surface area contributed by atoms with Gasteiger partial charge in [-0.05, 0) is 5.92 Å². The van der Waals surface area contributed by atoms with E-state index in [1.807, 2.05) is 69.2 Å². The fraction of sp³-hybridized carbons (Fsp3) is 1.00. The second kappa shape index (κ2) is 245. The van der Waals surface area contributed by atoms with Gasteiger partial charge in [-0.3, -0.25) is 0 Å². The lowest BCUT2D eigenvalue weighted by Gasteiger charge is -1.79. The molecule has 0 nitrogen and oxygen atoms in total. The Morgan fingerprint density at radius 1 is 0.611 bits per heavy atom. The van der Waals surface area contributed by atoms with Crippen LogP contribution >= 0.6 is 13.4 Å². The van der Waals surface area contributed by atoms with Crippen LogP contribution in [0, 0.1) is 5.92 Å². The molecule has 0 aliphatic rings. The van der Waals surface area contributed by atoms with Crippen molar-refractivity contribution < 1.29 is 0 Å². The van der Waals surface area contributed by atoms with Crippen LogP contribution in [0.2, 0.25) is 0 Å². The van der Waals surface area contributed by atoms with Crippen molar-refractivity contribution in [2.24, 2.45) is 5.92 Å². The van der Waals surface area contributed by atoms with Gasteiger partial charge >= 0.3 is 0 Å². The van der Waals surface area contributed by atoms with Crippen LogP contribution in [0.5, 0.6) is 0 Å². The zero-order valence-electron chi connectivity index (χ0n) is 17.7. The molecule has 0 rings (SSSR count).